The predicted octanol–water partition coefficient (Wildman–Crippen LogP) is 3.03. The van der Waals surface area contributed by atoms with E-state index in [0.717, 1.165) is 12.3 Å². The molecule has 1 heterocycles. The molecule has 0 aromatic carbocycles. The standard InChI is InChI=1S/C14H18N2O2S/c1-7-12(8(2)17)19-14(15-7)16-13(18)11-6-9-3-4-10(11)5-9/h9-11H,3-6H2,1-2H3,(H,15,16,18)/t9-,10+,11+/m1/s1. The quantitative estimate of drug-likeness (QED) is 0.865. The van der Waals surface area contributed by atoms with Gasteiger partial charge in [0.25, 0.3) is 0 Å². The van der Waals surface area contributed by atoms with Crippen LogP contribution < -0.4 is 5.32 Å². The summed E-state index contributed by atoms with van der Waals surface area (Å²) >= 11 is 1.28. The van der Waals surface area contributed by atoms with Crippen LogP contribution in [0.15, 0.2) is 0 Å². The normalized spacial score (nSPS) is 28.6. The number of thiazole rings is 1. The Morgan fingerprint density at radius 2 is 2.11 bits per heavy atom. The zero-order valence-corrected chi connectivity index (χ0v) is 12.0. The van der Waals surface area contributed by atoms with Gasteiger partial charge in [0, 0.05) is 12.8 Å². The molecule has 5 heteroatoms. The van der Waals surface area contributed by atoms with Crippen molar-refractivity contribution >= 4 is 28.2 Å². The number of ketones is 1. The molecule has 1 amide bonds. The van der Waals surface area contributed by atoms with Gasteiger partial charge >= 0.3 is 0 Å². The van der Waals surface area contributed by atoms with Gasteiger partial charge in [0.05, 0.1) is 10.6 Å². The van der Waals surface area contributed by atoms with E-state index in [1.807, 2.05) is 0 Å². The number of aromatic nitrogens is 1. The van der Waals surface area contributed by atoms with Crippen LogP contribution in [0.25, 0.3) is 0 Å². The van der Waals surface area contributed by atoms with Crippen LogP contribution in [-0.2, 0) is 4.79 Å². The lowest BCUT2D eigenvalue weighted by Crippen LogP contribution is -2.27. The van der Waals surface area contributed by atoms with Crippen LogP contribution in [0.2, 0.25) is 0 Å². The molecule has 1 aromatic heterocycles. The summed E-state index contributed by atoms with van der Waals surface area (Å²) in [6.45, 7) is 3.34. The van der Waals surface area contributed by atoms with E-state index in [4.69, 9.17) is 0 Å². The van der Waals surface area contributed by atoms with Gasteiger partial charge in [-0.1, -0.05) is 17.8 Å². The SMILES string of the molecule is CC(=O)c1sc(NC(=O)[C@H]2C[C@@H]3CC[C@H]2C3)nc1C. The van der Waals surface area contributed by atoms with Crippen LogP contribution in [0.3, 0.4) is 0 Å². The molecule has 1 aromatic rings. The summed E-state index contributed by atoms with van der Waals surface area (Å²) in [5.74, 6) is 1.58. The van der Waals surface area contributed by atoms with Crippen LogP contribution in [0.1, 0.15) is 48.0 Å². The van der Waals surface area contributed by atoms with Crippen molar-refractivity contribution in [1.29, 1.82) is 0 Å². The number of fused-ring (bicyclic) bond motifs is 2. The summed E-state index contributed by atoms with van der Waals surface area (Å²) < 4.78 is 0. The molecule has 19 heavy (non-hydrogen) atoms. The molecule has 102 valence electrons. The summed E-state index contributed by atoms with van der Waals surface area (Å²) in [5, 5.41) is 3.47. The number of hydrogen-bond acceptors (Lipinski definition) is 4. The van der Waals surface area contributed by atoms with E-state index >= 15 is 0 Å². The van der Waals surface area contributed by atoms with Crippen molar-refractivity contribution in [1.82, 2.24) is 4.98 Å². The zero-order valence-electron chi connectivity index (χ0n) is 11.2. The first-order chi connectivity index (χ1) is 9.04. The number of amides is 1. The molecular weight excluding hydrogens is 260 g/mol. The number of nitrogens with one attached hydrogen (secondary N) is 1. The van der Waals surface area contributed by atoms with Crippen molar-refractivity contribution in [2.24, 2.45) is 17.8 Å². The first-order valence-electron chi connectivity index (χ1n) is 6.84. The zero-order chi connectivity index (χ0) is 13.6. The Morgan fingerprint density at radius 3 is 2.63 bits per heavy atom. The first-order valence-corrected chi connectivity index (χ1v) is 7.65. The van der Waals surface area contributed by atoms with Gasteiger partial charge in [0.2, 0.25) is 5.91 Å². The lowest BCUT2D eigenvalue weighted by atomic mass is 9.88. The maximum absolute atomic E-state index is 12.3. The molecular formula is C14H18N2O2S. The van der Waals surface area contributed by atoms with Gasteiger partial charge in [-0.25, -0.2) is 4.98 Å². The van der Waals surface area contributed by atoms with Crippen molar-refractivity contribution in [2.75, 3.05) is 5.32 Å². The summed E-state index contributed by atoms with van der Waals surface area (Å²) in [5.41, 5.74) is 0.709. The number of aryl methyl sites for hydroxylation is 1. The molecule has 3 atom stereocenters. The smallest absolute Gasteiger partial charge is 0.229 e. The second kappa shape index (κ2) is 4.71. The van der Waals surface area contributed by atoms with Crippen LogP contribution in [-0.4, -0.2) is 16.7 Å². The van der Waals surface area contributed by atoms with Crippen molar-refractivity contribution in [3.05, 3.63) is 10.6 Å². The summed E-state index contributed by atoms with van der Waals surface area (Å²) in [7, 11) is 0. The molecule has 0 unspecified atom stereocenters. The van der Waals surface area contributed by atoms with Gasteiger partial charge in [0.1, 0.15) is 0 Å². The number of nitrogens with zero attached hydrogens (tertiary/aromatic N) is 1. The second-order valence-corrected chi connectivity index (χ2v) is 6.76. The molecule has 0 spiro atoms. The Labute approximate surface area is 116 Å². The van der Waals surface area contributed by atoms with E-state index < -0.39 is 0 Å². The number of carbonyl (C=O) groups excluding carboxylic acids is 2. The maximum atomic E-state index is 12.3. The van der Waals surface area contributed by atoms with Gasteiger partial charge < -0.3 is 5.32 Å². The number of hydrogen-bond donors (Lipinski definition) is 1. The lowest BCUT2D eigenvalue weighted by Gasteiger charge is -2.19. The van der Waals surface area contributed by atoms with Crippen LogP contribution in [0, 0.1) is 24.7 Å². The van der Waals surface area contributed by atoms with Crippen molar-refractivity contribution in [3.8, 4) is 0 Å². The molecule has 0 aliphatic heterocycles. The molecule has 1 N–H and O–H groups in total. The van der Waals surface area contributed by atoms with E-state index in [2.05, 4.69) is 10.3 Å². The highest BCUT2D eigenvalue weighted by atomic mass is 32.1. The van der Waals surface area contributed by atoms with E-state index in [-0.39, 0.29) is 17.6 Å². The van der Waals surface area contributed by atoms with Gasteiger partial charge in [0.15, 0.2) is 10.9 Å². The highest BCUT2D eigenvalue weighted by Crippen LogP contribution is 2.48. The Balaban J connectivity index is 1.70. The molecule has 2 bridgehead atoms. The molecule has 0 saturated heterocycles. The van der Waals surface area contributed by atoms with Crippen LogP contribution >= 0.6 is 11.3 Å². The molecule has 4 nitrogen and oxygen atoms in total. The third-order valence-electron chi connectivity index (χ3n) is 4.42. The minimum Gasteiger partial charge on any atom is -0.302 e. The summed E-state index contributed by atoms with van der Waals surface area (Å²) in [6, 6.07) is 0. The van der Waals surface area contributed by atoms with Gasteiger partial charge in [-0.15, -0.1) is 0 Å². The van der Waals surface area contributed by atoms with E-state index in [1.54, 1.807) is 6.92 Å². The Morgan fingerprint density at radius 1 is 1.32 bits per heavy atom. The van der Waals surface area contributed by atoms with Crippen LogP contribution in [0.5, 0.6) is 0 Å². The summed E-state index contributed by atoms with van der Waals surface area (Å²) in [6.07, 6.45) is 4.73. The van der Waals surface area contributed by atoms with Crippen molar-refractivity contribution in [2.45, 2.75) is 39.5 Å². The van der Waals surface area contributed by atoms with E-state index in [1.165, 1.54) is 37.5 Å². The highest BCUT2D eigenvalue weighted by molar-refractivity contribution is 7.17. The highest BCUT2D eigenvalue weighted by Gasteiger charge is 2.43. The molecule has 2 fully saturated rings. The molecule has 2 aliphatic carbocycles. The van der Waals surface area contributed by atoms with Gasteiger partial charge in [-0.2, -0.15) is 0 Å². The second-order valence-electron chi connectivity index (χ2n) is 5.76. The minimum atomic E-state index is 0.00965. The molecule has 0 radical (unpaired) electrons. The lowest BCUT2D eigenvalue weighted by molar-refractivity contribution is -0.121. The minimum absolute atomic E-state index is 0.00965. The topological polar surface area (TPSA) is 59.1 Å². The Kier molecular flexibility index (Phi) is 3.17. The van der Waals surface area contributed by atoms with Crippen LogP contribution in [0.4, 0.5) is 5.13 Å². The van der Waals surface area contributed by atoms with E-state index in [9.17, 15) is 9.59 Å². The maximum Gasteiger partial charge on any atom is 0.229 e. The fourth-order valence-electron chi connectivity index (χ4n) is 3.54. The fourth-order valence-corrected chi connectivity index (χ4v) is 4.41. The Bertz CT molecular complexity index is 538. The first kappa shape index (κ1) is 12.8. The van der Waals surface area contributed by atoms with Gasteiger partial charge in [-0.3, -0.25) is 9.59 Å². The monoisotopic (exact) mass is 278 g/mol. The average Bonchev–Trinajstić information content (AvgIpc) is 3.03. The van der Waals surface area contributed by atoms with Crippen molar-refractivity contribution in [3.63, 3.8) is 0 Å². The summed E-state index contributed by atoms with van der Waals surface area (Å²) in [4.78, 5) is 28.6. The van der Waals surface area contributed by atoms with Gasteiger partial charge in [-0.05, 0) is 38.0 Å². The number of rotatable bonds is 3. The average molecular weight is 278 g/mol. The number of Topliss-reactive ketones (excluding diaryl/α,β-unsaturated/α-hetero) is 1. The van der Waals surface area contributed by atoms with Crippen molar-refractivity contribution < 1.29 is 9.59 Å². The van der Waals surface area contributed by atoms with E-state index in [0.29, 0.717) is 21.6 Å². The number of carbonyl (C=O) groups is 2. The molecule has 2 saturated carbocycles. The third kappa shape index (κ3) is 2.31. The molecule has 3 rings (SSSR count). The fraction of sp³-hybridized carbons (Fsp3) is 0.643. The largest absolute Gasteiger partial charge is 0.302 e. The predicted molar refractivity (Wildman–Crippen MR) is 74.4 cm³/mol. The molecule has 2 aliphatic rings. The Hall–Kier alpha value is -1.23. The number of anilines is 1. The third-order valence-corrected chi connectivity index (χ3v) is 5.60.